The Balaban J connectivity index is 4.07. The van der Waals surface area contributed by atoms with E-state index in [9.17, 15) is 9.59 Å². The van der Waals surface area contributed by atoms with Crippen LogP contribution in [-0.4, -0.2) is 29.1 Å². The van der Waals surface area contributed by atoms with Crippen molar-refractivity contribution in [3.8, 4) is 0 Å². The van der Waals surface area contributed by atoms with E-state index < -0.39 is 11.4 Å². The molecule has 0 aliphatic rings. The zero-order chi connectivity index (χ0) is 8.31. The van der Waals surface area contributed by atoms with Crippen molar-refractivity contribution < 1.29 is 9.59 Å². The Hall–Kier alpha value is -0.570. The molecule has 0 bridgehead atoms. The van der Waals surface area contributed by atoms with Crippen LogP contribution >= 0.6 is 11.6 Å². The van der Waals surface area contributed by atoms with Crippen molar-refractivity contribution in [1.82, 2.24) is 4.90 Å². The number of ketones is 1. The van der Waals surface area contributed by atoms with Crippen molar-refractivity contribution in [2.45, 2.75) is 19.9 Å². The van der Waals surface area contributed by atoms with Crippen molar-refractivity contribution >= 4 is 22.8 Å². The highest BCUT2D eigenvalue weighted by Crippen LogP contribution is 2.00. The Labute approximate surface area is 65.0 Å². The lowest BCUT2D eigenvalue weighted by Crippen LogP contribution is -2.36. The number of rotatable bonds is 2. The maximum absolute atomic E-state index is 10.6. The van der Waals surface area contributed by atoms with E-state index in [1.807, 2.05) is 0 Å². The summed E-state index contributed by atoms with van der Waals surface area (Å²) in [5.74, 6) is -0.0727. The van der Waals surface area contributed by atoms with Gasteiger partial charge in [-0.3, -0.25) is 9.59 Å². The van der Waals surface area contributed by atoms with Gasteiger partial charge in [-0.15, -0.1) is 0 Å². The summed E-state index contributed by atoms with van der Waals surface area (Å²) in [6.07, 6.45) is 0. The van der Waals surface area contributed by atoms with Crippen LogP contribution in [0.1, 0.15) is 13.8 Å². The molecule has 0 saturated heterocycles. The lowest BCUT2D eigenvalue weighted by atomic mass is 10.2. The summed E-state index contributed by atoms with van der Waals surface area (Å²) >= 11 is 5.10. The van der Waals surface area contributed by atoms with Gasteiger partial charge < -0.3 is 4.90 Å². The summed E-state index contributed by atoms with van der Waals surface area (Å²) < 4.78 is 0. The number of amides is 1. The third-order valence-corrected chi connectivity index (χ3v) is 1.71. The average Bonchev–Trinajstić information content (AvgIpc) is 1.84. The lowest BCUT2D eigenvalue weighted by molar-refractivity contribution is -0.120. The summed E-state index contributed by atoms with van der Waals surface area (Å²) in [6, 6.07) is -0.426. The quantitative estimate of drug-likeness (QED) is 0.454. The minimum atomic E-state index is -0.609. The Morgan fingerprint density at radius 3 is 2.00 bits per heavy atom. The standard InChI is InChI=1S/C6H10ClNO2/c1-4(5(2)9)8(3)6(7)10/h4H,1-3H3. The van der Waals surface area contributed by atoms with E-state index in [0.29, 0.717) is 0 Å². The molecule has 3 nitrogen and oxygen atoms in total. The molecule has 58 valence electrons. The van der Waals surface area contributed by atoms with Crippen LogP contribution in [0.15, 0.2) is 0 Å². The van der Waals surface area contributed by atoms with E-state index in [2.05, 4.69) is 0 Å². The molecule has 0 aromatic rings. The molecule has 0 aliphatic heterocycles. The van der Waals surface area contributed by atoms with Crippen LogP contribution in [0.5, 0.6) is 0 Å². The highest BCUT2D eigenvalue weighted by Gasteiger charge is 2.16. The van der Waals surface area contributed by atoms with Crippen molar-refractivity contribution in [2.75, 3.05) is 7.05 Å². The number of nitrogens with zero attached hydrogens (tertiary/aromatic N) is 1. The first-order valence-electron chi connectivity index (χ1n) is 2.89. The number of halogens is 1. The molecule has 1 amide bonds. The molecule has 0 aliphatic carbocycles. The Morgan fingerprint density at radius 2 is 1.90 bits per heavy atom. The number of carbonyl (C=O) groups excluding carboxylic acids is 2. The fraction of sp³-hybridized carbons (Fsp3) is 0.667. The van der Waals surface area contributed by atoms with Gasteiger partial charge in [0.1, 0.15) is 0 Å². The summed E-state index contributed by atoms with van der Waals surface area (Å²) in [4.78, 5) is 22.3. The smallest absolute Gasteiger partial charge is 0.316 e. The van der Waals surface area contributed by atoms with Crippen molar-refractivity contribution in [3.63, 3.8) is 0 Å². The molecule has 0 radical (unpaired) electrons. The first kappa shape index (κ1) is 9.43. The van der Waals surface area contributed by atoms with E-state index in [1.165, 1.54) is 18.9 Å². The van der Waals surface area contributed by atoms with E-state index in [1.54, 1.807) is 6.92 Å². The normalized spacial score (nSPS) is 12.4. The first-order chi connectivity index (χ1) is 4.46. The van der Waals surface area contributed by atoms with Gasteiger partial charge in [-0.1, -0.05) is 0 Å². The Bertz CT molecular complexity index is 140. The molecule has 1 atom stereocenters. The van der Waals surface area contributed by atoms with Gasteiger partial charge in [0.25, 0.3) is 0 Å². The predicted molar refractivity (Wildman–Crippen MR) is 39.2 cm³/mol. The fourth-order valence-electron chi connectivity index (χ4n) is 0.425. The maximum Gasteiger partial charge on any atom is 0.316 e. The van der Waals surface area contributed by atoms with Gasteiger partial charge in [0, 0.05) is 7.05 Å². The summed E-state index contributed by atoms with van der Waals surface area (Å²) in [6.45, 7) is 3.05. The zero-order valence-corrected chi connectivity index (χ0v) is 6.97. The highest BCUT2D eigenvalue weighted by atomic mass is 35.5. The van der Waals surface area contributed by atoms with Crippen LogP contribution in [0.25, 0.3) is 0 Å². The molecule has 0 aromatic carbocycles. The SMILES string of the molecule is CC(=O)C(C)N(C)C(=O)Cl. The molecular weight excluding hydrogens is 154 g/mol. The molecule has 0 rings (SSSR count). The molecule has 0 fully saturated rings. The fourth-order valence-corrected chi connectivity index (χ4v) is 0.571. The predicted octanol–water partition coefficient (Wildman–Crippen LogP) is 1.25. The number of carbonyl (C=O) groups is 2. The van der Waals surface area contributed by atoms with E-state index >= 15 is 0 Å². The van der Waals surface area contributed by atoms with Crippen LogP contribution in [-0.2, 0) is 4.79 Å². The summed E-state index contributed by atoms with van der Waals surface area (Å²) in [5.41, 5.74) is 0. The molecule has 0 N–H and O–H groups in total. The third-order valence-electron chi connectivity index (χ3n) is 1.45. The molecule has 0 aromatic heterocycles. The second-order valence-corrected chi connectivity index (χ2v) is 2.47. The van der Waals surface area contributed by atoms with Crippen LogP contribution in [0.4, 0.5) is 4.79 Å². The lowest BCUT2D eigenvalue weighted by Gasteiger charge is -2.18. The van der Waals surface area contributed by atoms with Crippen LogP contribution < -0.4 is 0 Å². The number of Topliss-reactive ketones (excluding diaryl/α,β-unsaturated/α-hetero) is 1. The van der Waals surface area contributed by atoms with Gasteiger partial charge in [0.05, 0.1) is 6.04 Å². The Kier molecular flexibility index (Phi) is 3.36. The van der Waals surface area contributed by atoms with Gasteiger partial charge in [0.15, 0.2) is 5.78 Å². The van der Waals surface area contributed by atoms with Gasteiger partial charge in [-0.05, 0) is 25.4 Å². The van der Waals surface area contributed by atoms with Crippen molar-refractivity contribution in [3.05, 3.63) is 0 Å². The minimum absolute atomic E-state index is 0.0727. The monoisotopic (exact) mass is 163 g/mol. The van der Waals surface area contributed by atoms with Crippen LogP contribution in [0, 0.1) is 0 Å². The van der Waals surface area contributed by atoms with Gasteiger partial charge >= 0.3 is 5.37 Å². The van der Waals surface area contributed by atoms with Gasteiger partial charge in [0.2, 0.25) is 0 Å². The molecule has 10 heavy (non-hydrogen) atoms. The van der Waals surface area contributed by atoms with E-state index in [-0.39, 0.29) is 5.78 Å². The highest BCUT2D eigenvalue weighted by molar-refractivity contribution is 6.62. The maximum atomic E-state index is 10.6. The first-order valence-corrected chi connectivity index (χ1v) is 3.27. The second kappa shape index (κ2) is 3.56. The summed E-state index contributed by atoms with van der Waals surface area (Å²) in [5, 5.41) is -0.609. The molecule has 0 saturated carbocycles. The molecule has 0 spiro atoms. The third kappa shape index (κ3) is 2.35. The van der Waals surface area contributed by atoms with Crippen molar-refractivity contribution in [1.29, 1.82) is 0 Å². The largest absolute Gasteiger partial charge is 0.323 e. The topological polar surface area (TPSA) is 37.4 Å². The zero-order valence-electron chi connectivity index (χ0n) is 6.22. The Morgan fingerprint density at radius 1 is 1.50 bits per heavy atom. The average molecular weight is 164 g/mol. The van der Waals surface area contributed by atoms with Crippen molar-refractivity contribution in [2.24, 2.45) is 0 Å². The van der Waals surface area contributed by atoms with E-state index in [0.717, 1.165) is 0 Å². The van der Waals surface area contributed by atoms with Crippen LogP contribution in [0.3, 0.4) is 0 Å². The number of hydrogen-bond donors (Lipinski definition) is 0. The second-order valence-electron chi connectivity index (χ2n) is 2.15. The number of hydrogen-bond acceptors (Lipinski definition) is 2. The summed E-state index contributed by atoms with van der Waals surface area (Å²) in [7, 11) is 1.49. The van der Waals surface area contributed by atoms with E-state index in [4.69, 9.17) is 11.6 Å². The van der Waals surface area contributed by atoms with Gasteiger partial charge in [-0.2, -0.15) is 0 Å². The van der Waals surface area contributed by atoms with Gasteiger partial charge in [-0.25, -0.2) is 0 Å². The molecule has 1 unspecified atom stereocenters. The molecular formula is C6H10ClNO2. The molecule has 4 heteroatoms. The van der Waals surface area contributed by atoms with Crippen LogP contribution in [0.2, 0.25) is 0 Å². The minimum Gasteiger partial charge on any atom is -0.323 e. The number of likely N-dealkylation sites (N-methyl/N-ethyl adjacent to an activating group) is 1. The molecule has 0 heterocycles.